The minimum absolute atomic E-state index is 0.135. The Balaban J connectivity index is 2.32. The predicted octanol–water partition coefficient (Wildman–Crippen LogP) is 2.34. The summed E-state index contributed by atoms with van der Waals surface area (Å²) in [7, 11) is 0. The van der Waals surface area contributed by atoms with E-state index in [9.17, 15) is 10.2 Å². The summed E-state index contributed by atoms with van der Waals surface area (Å²) >= 11 is 1.59. The molecule has 0 aliphatic rings. The number of phenolic OH excluding ortho intramolecular Hbond substituents is 2. The minimum Gasteiger partial charge on any atom is -0.508 e. The number of hydrogen-bond acceptors (Lipinski definition) is 4. The number of aryl methyl sites for hydroxylation is 2. The van der Waals surface area contributed by atoms with Crippen LogP contribution >= 0.6 is 11.3 Å². The molecule has 18 heavy (non-hydrogen) atoms. The second kappa shape index (κ2) is 5.18. The first kappa shape index (κ1) is 12.6. The van der Waals surface area contributed by atoms with Crippen LogP contribution in [0.3, 0.4) is 0 Å². The molecule has 0 fully saturated rings. The summed E-state index contributed by atoms with van der Waals surface area (Å²) in [6, 6.07) is 4.45. The zero-order valence-corrected chi connectivity index (χ0v) is 11.1. The summed E-state index contributed by atoms with van der Waals surface area (Å²) in [5, 5.41) is 25.4. The fourth-order valence-corrected chi connectivity index (χ4v) is 2.48. The largest absolute Gasteiger partial charge is 0.508 e. The first-order chi connectivity index (χ1) is 8.60. The lowest BCUT2D eigenvalue weighted by Crippen LogP contribution is -2.36. The molecule has 5 heteroatoms. The SMILES string of the molecule is CC[n+]1nc(C)sc1C=Cc1cc(O)ccc1O. The lowest BCUT2D eigenvalue weighted by Gasteiger charge is -1.98. The maximum Gasteiger partial charge on any atom is 0.289 e. The Bertz CT molecular complexity index is 591. The van der Waals surface area contributed by atoms with Crippen LogP contribution in [-0.4, -0.2) is 15.3 Å². The number of benzene rings is 1. The highest BCUT2D eigenvalue weighted by Gasteiger charge is 2.12. The number of nitrogens with zero attached hydrogens (tertiary/aromatic N) is 2. The molecule has 0 unspecified atom stereocenters. The van der Waals surface area contributed by atoms with Gasteiger partial charge in [0.1, 0.15) is 11.5 Å². The van der Waals surface area contributed by atoms with Gasteiger partial charge in [-0.05, 0) is 49.5 Å². The van der Waals surface area contributed by atoms with Crippen molar-refractivity contribution in [3.05, 3.63) is 33.8 Å². The van der Waals surface area contributed by atoms with E-state index in [1.807, 2.05) is 24.6 Å². The van der Waals surface area contributed by atoms with Crippen molar-refractivity contribution in [2.75, 3.05) is 0 Å². The molecular weight excluding hydrogens is 248 g/mol. The van der Waals surface area contributed by atoms with E-state index < -0.39 is 0 Å². The summed E-state index contributed by atoms with van der Waals surface area (Å²) in [4.78, 5) is 0. The molecule has 0 aliphatic heterocycles. The average Bonchev–Trinajstić information content (AvgIpc) is 2.71. The fraction of sp³-hybridized carbons (Fsp3) is 0.231. The van der Waals surface area contributed by atoms with Gasteiger partial charge in [0, 0.05) is 16.7 Å². The third kappa shape index (κ3) is 2.68. The zero-order valence-electron chi connectivity index (χ0n) is 10.3. The maximum absolute atomic E-state index is 9.66. The van der Waals surface area contributed by atoms with Gasteiger partial charge in [-0.3, -0.25) is 0 Å². The van der Waals surface area contributed by atoms with Gasteiger partial charge in [-0.25, -0.2) is 0 Å². The van der Waals surface area contributed by atoms with Gasteiger partial charge in [0.25, 0.3) is 5.01 Å². The van der Waals surface area contributed by atoms with E-state index in [0.717, 1.165) is 16.6 Å². The van der Waals surface area contributed by atoms with Crippen molar-refractivity contribution in [3.63, 3.8) is 0 Å². The molecule has 1 aromatic heterocycles. The van der Waals surface area contributed by atoms with E-state index in [4.69, 9.17) is 0 Å². The molecular formula is C13H15N2O2S+. The van der Waals surface area contributed by atoms with Crippen LogP contribution in [0.25, 0.3) is 12.2 Å². The summed E-state index contributed by atoms with van der Waals surface area (Å²) in [6.07, 6.45) is 3.66. The Morgan fingerprint density at radius 3 is 2.83 bits per heavy atom. The summed E-state index contributed by atoms with van der Waals surface area (Å²) in [6.45, 7) is 4.79. The van der Waals surface area contributed by atoms with Crippen LogP contribution in [0.2, 0.25) is 0 Å². The summed E-state index contributed by atoms with van der Waals surface area (Å²) in [5.41, 5.74) is 0.587. The van der Waals surface area contributed by atoms with Gasteiger partial charge in [0.15, 0.2) is 11.6 Å². The van der Waals surface area contributed by atoms with Crippen molar-refractivity contribution in [1.29, 1.82) is 0 Å². The molecule has 0 spiro atoms. The van der Waals surface area contributed by atoms with Crippen LogP contribution in [0.1, 0.15) is 22.5 Å². The highest BCUT2D eigenvalue weighted by Crippen LogP contribution is 2.24. The summed E-state index contributed by atoms with van der Waals surface area (Å²) < 4.78 is 1.90. The molecule has 0 radical (unpaired) electrons. The van der Waals surface area contributed by atoms with E-state index in [2.05, 4.69) is 5.10 Å². The molecule has 1 aromatic carbocycles. The van der Waals surface area contributed by atoms with E-state index in [1.165, 1.54) is 18.2 Å². The molecule has 0 atom stereocenters. The molecule has 0 saturated heterocycles. The highest BCUT2D eigenvalue weighted by atomic mass is 32.1. The van der Waals surface area contributed by atoms with Crippen LogP contribution in [0.5, 0.6) is 11.5 Å². The molecule has 4 nitrogen and oxygen atoms in total. The van der Waals surface area contributed by atoms with Crippen molar-refractivity contribution in [2.24, 2.45) is 0 Å². The first-order valence-electron chi connectivity index (χ1n) is 5.67. The van der Waals surface area contributed by atoms with Gasteiger partial charge < -0.3 is 10.2 Å². The second-order valence-corrected chi connectivity index (χ2v) is 5.06. The normalized spacial score (nSPS) is 11.2. The number of aromatic nitrogens is 2. The van der Waals surface area contributed by atoms with Gasteiger partial charge >= 0.3 is 0 Å². The van der Waals surface area contributed by atoms with Crippen molar-refractivity contribution >= 4 is 23.5 Å². The lowest BCUT2D eigenvalue weighted by atomic mass is 10.2. The fourth-order valence-electron chi connectivity index (χ4n) is 1.63. The molecule has 0 aliphatic carbocycles. The second-order valence-electron chi connectivity index (χ2n) is 3.85. The van der Waals surface area contributed by atoms with Gasteiger partial charge in [-0.2, -0.15) is 0 Å². The highest BCUT2D eigenvalue weighted by molar-refractivity contribution is 7.11. The summed E-state index contributed by atoms with van der Waals surface area (Å²) in [5.74, 6) is 0.282. The number of aromatic hydroxyl groups is 2. The third-order valence-corrected chi connectivity index (χ3v) is 3.42. The average molecular weight is 263 g/mol. The molecule has 94 valence electrons. The van der Waals surface area contributed by atoms with E-state index in [0.29, 0.717) is 5.56 Å². The van der Waals surface area contributed by atoms with E-state index >= 15 is 0 Å². The van der Waals surface area contributed by atoms with Gasteiger partial charge in [0.2, 0.25) is 0 Å². The van der Waals surface area contributed by atoms with Crippen LogP contribution in [-0.2, 0) is 6.54 Å². The first-order valence-corrected chi connectivity index (χ1v) is 6.49. The number of rotatable bonds is 3. The Labute approximate surface area is 109 Å². The topological polar surface area (TPSA) is 57.2 Å². The Kier molecular flexibility index (Phi) is 3.62. The zero-order chi connectivity index (χ0) is 13.1. The number of phenols is 2. The minimum atomic E-state index is 0.135. The van der Waals surface area contributed by atoms with Crippen molar-refractivity contribution < 1.29 is 14.9 Å². The molecule has 1 heterocycles. The monoisotopic (exact) mass is 263 g/mol. The van der Waals surface area contributed by atoms with Crippen molar-refractivity contribution in [1.82, 2.24) is 5.10 Å². The lowest BCUT2D eigenvalue weighted by molar-refractivity contribution is -0.747. The standard InChI is InChI=1S/C13H14N2O2S/c1-3-15-13(18-9(2)14-15)7-4-10-8-11(16)5-6-12(10)17/h4-8,16H,3H2,1-2H3/p+1. The van der Waals surface area contributed by atoms with Crippen LogP contribution in [0.15, 0.2) is 18.2 Å². The Morgan fingerprint density at radius 2 is 2.11 bits per heavy atom. The molecule has 2 aromatic rings. The molecule has 0 amide bonds. The van der Waals surface area contributed by atoms with Gasteiger partial charge in [0.05, 0.1) is 0 Å². The molecule has 2 N–H and O–H groups in total. The van der Waals surface area contributed by atoms with Crippen molar-refractivity contribution in [3.8, 4) is 11.5 Å². The van der Waals surface area contributed by atoms with E-state index in [-0.39, 0.29) is 11.5 Å². The van der Waals surface area contributed by atoms with Crippen LogP contribution in [0, 0.1) is 6.92 Å². The van der Waals surface area contributed by atoms with Gasteiger partial charge in [-0.1, -0.05) is 4.68 Å². The third-order valence-electron chi connectivity index (χ3n) is 2.48. The van der Waals surface area contributed by atoms with Crippen molar-refractivity contribution in [2.45, 2.75) is 20.4 Å². The van der Waals surface area contributed by atoms with Crippen LogP contribution < -0.4 is 4.68 Å². The van der Waals surface area contributed by atoms with E-state index in [1.54, 1.807) is 17.4 Å². The Morgan fingerprint density at radius 1 is 1.33 bits per heavy atom. The number of hydrogen-bond donors (Lipinski definition) is 2. The Hall–Kier alpha value is -1.88. The molecule has 0 bridgehead atoms. The molecule has 0 saturated carbocycles. The quantitative estimate of drug-likeness (QED) is 0.660. The van der Waals surface area contributed by atoms with Gasteiger partial charge in [-0.15, -0.1) is 0 Å². The van der Waals surface area contributed by atoms with Crippen LogP contribution in [0.4, 0.5) is 0 Å². The maximum atomic E-state index is 9.66. The molecule has 2 rings (SSSR count). The smallest absolute Gasteiger partial charge is 0.289 e. The predicted molar refractivity (Wildman–Crippen MR) is 71.4 cm³/mol.